The Hall–Kier alpha value is -1.13. The lowest BCUT2D eigenvalue weighted by Gasteiger charge is -2.40. The minimum atomic E-state index is -0.516. The summed E-state index contributed by atoms with van der Waals surface area (Å²) in [6, 6.07) is 1.88. The zero-order chi connectivity index (χ0) is 13.2. The lowest BCUT2D eigenvalue weighted by atomic mass is 9.85. The summed E-state index contributed by atoms with van der Waals surface area (Å²) in [5, 5.41) is 10.7. The Kier molecular flexibility index (Phi) is 3.88. The fraction of sp³-hybridized carbons (Fsp3) is 0.643. The van der Waals surface area contributed by atoms with Gasteiger partial charge in [0, 0.05) is 11.8 Å². The van der Waals surface area contributed by atoms with Gasteiger partial charge in [0.2, 0.25) is 0 Å². The number of rotatable bonds is 4. The second-order valence-corrected chi connectivity index (χ2v) is 5.27. The molecular weight excluding hydrogens is 228 g/mol. The van der Waals surface area contributed by atoms with Gasteiger partial charge in [0.1, 0.15) is 5.75 Å². The van der Waals surface area contributed by atoms with Gasteiger partial charge in [-0.3, -0.25) is 4.98 Å². The molecule has 1 aromatic rings. The summed E-state index contributed by atoms with van der Waals surface area (Å²) < 4.78 is 5.17. The van der Waals surface area contributed by atoms with E-state index in [0.29, 0.717) is 5.75 Å². The molecule has 4 nitrogen and oxygen atoms in total. The van der Waals surface area contributed by atoms with E-state index in [0.717, 1.165) is 18.4 Å². The molecule has 100 valence electrons. The van der Waals surface area contributed by atoms with Crippen molar-refractivity contribution in [1.82, 2.24) is 9.88 Å². The molecule has 2 rings (SSSR count). The average Bonchev–Trinajstić information content (AvgIpc) is 2.88. The van der Waals surface area contributed by atoms with Gasteiger partial charge in [-0.05, 0) is 33.0 Å². The zero-order valence-corrected chi connectivity index (χ0v) is 11.4. The van der Waals surface area contributed by atoms with Crippen LogP contribution in [0.4, 0.5) is 0 Å². The van der Waals surface area contributed by atoms with Crippen LogP contribution in [-0.2, 0) is 0 Å². The molecule has 0 saturated heterocycles. The summed E-state index contributed by atoms with van der Waals surface area (Å²) in [5.41, 5.74) is 0.679. The van der Waals surface area contributed by atoms with Crippen LogP contribution in [0.1, 0.15) is 37.4 Å². The standard InChI is InChI=1S/C14H22N2O2/c1-16(2)14(6-4-5-7-14)13(17)11-8-12(18-3)10-15-9-11/h8-10,13,17H,4-7H2,1-3H3. The van der Waals surface area contributed by atoms with Crippen molar-refractivity contribution >= 4 is 0 Å². The van der Waals surface area contributed by atoms with E-state index in [4.69, 9.17) is 4.74 Å². The smallest absolute Gasteiger partial charge is 0.137 e. The van der Waals surface area contributed by atoms with Gasteiger partial charge in [-0.15, -0.1) is 0 Å². The summed E-state index contributed by atoms with van der Waals surface area (Å²) in [7, 11) is 5.70. The number of pyridine rings is 1. The molecule has 1 aliphatic rings. The molecule has 0 spiro atoms. The molecule has 0 aliphatic heterocycles. The van der Waals surface area contributed by atoms with Crippen LogP contribution in [0.15, 0.2) is 18.5 Å². The Labute approximate surface area is 109 Å². The number of likely N-dealkylation sites (N-methyl/N-ethyl adjacent to an activating group) is 1. The molecule has 0 radical (unpaired) electrons. The molecule has 18 heavy (non-hydrogen) atoms. The van der Waals surface area contributed by atoms with Crippen LogP contribution < -0.4 is 4.74 Å². The first-order chi connectivity index (χ1) is 8.60. The van der Waals surface area contributed by atoms with E-state index in [9.17, 15) is 5.11 Å². The average molecular weight is 250 g/mol. The molecule has 0 bridgehead atoms. The Morgan fingerprint density at radius 1 is 1.33 bits per heavy atom. The van der Waals surface area contributed by atoms with Crippen LogP contribution in [-0.4, -0.2) is 41.7 Å². The third-order valence-corrected chi connectivity index (χ3v) is 4.15. The van der Waals surface area contributed by atoms with Crippen molar-refractivity contribution < 1.29 is 9.84 Å². The first-order valence-corrected chi connectivity index (χ1v) is 6.44. The van der Waals surface area contributed by atoms with E-state index >= 15 is 0 Å². The minimum absolute atomic E-state index is 0.159. The number of methoxy groups -OCH3 is 1. The highest BCUT2D eigenvalue weighted by atomic mass is 16.5. The summed E-state index contributed by atoms with van der Waals surface area (Å²) in [5.74, 6) is 0.693. The van der Waals surface area contributed by atoms with Crippen molar-refractivity contribution in [3.63, 3.8) is 0 Å². The number of aliphatic hydroxyl groups is 1. The first-order valence-electron chi connectivity index (χ1n) is 6.44. The molecule has 1 atom stereocenters. The van der Waals surface area contributed by atoms with Gasteiger partial charge in [-0.1, -0.05) is 12.8 Å². The molecule has 1 aromatic heterocycles. The van der Waals surface area contributed by atoms with Crippen LogP contribution in [0, 0.1) is 0 Å². The normalized spacial score (nSPS) is 20.1. The van der Waals surface area contributed by atoms with Crippen molar-refractivity contribution in [2.75, 3.05) is 21.2 Å². The van der Waals surface area contributed by atoms with Gasteiger partial charge in [0.05, 0.1) is 24.9 Å². The maximum atomic E-state index is 10.7. The van der Waals surface area contributed by atoms with Crippen molar-refractivity contribution in [3.05, 3.63) is 24.0 Å². The summed E-state index contributed by atoms with van der Waals surface area (Å²) in [6.07, 6.45) is 7.28. The van der Waals surface area contributed by atoms with E-state index in [1.807, 2.05) is 20.2 Å². The third-order valence-electron chi connectivity index (χ3n) is 4.15. The molecule has 4 heteroatoms. The topological polar surface area (TPSA) is 45.6 Å². The Bertz CT molecular complexity index is 401. The highest BCUT2D eigenvalue weighted by Gasteiger charge is 2.43. The van der Waals surface area contributed by atoms with Crippen LogP contribution in [0.25, 0.3) is 0 Å². The number of hydrogen-bond donors (Lipinski definition) is 1. The fourth-order valence-electron chi connectivity index (χ4n) is 2.96. The molecule has 1 fully saturated rings. The molecule has 1 unspecified atom stereocenters. The van der Waals surface area contributed by atoms with Gasteiger partial charge in [-0.25, -0.2) is 0 Å². The highest BCUT2D eigenvalue weighted by molar-refractivity contribution is 5.27. The number of nitrogens with zero attached hydrogens (tertiary/aromatic N) is 2. The summed E-state index contributed by atoms with van der Waals surface area (Å²) in [6.45, 7) is 0. The van der Waals surface area contributed by atoms with E-state index < -0.39 is 6.10 Å². The van der Waals surface area contributed by atoms with Crippen LogP contribution in [0.5, 0.6) is 5.75 Å². The molecule has 1 heterocycles. The lowest BCUT2D eigenvalue weighted by Crippen LogP contribution is -2.47. The van der Waals surface area contributed by atoms with E-state index in [-0.39, 0.29) is 5.54 Å². The second-order valence-electron chi connectivity index (χ2n) is 5.27. The van der Waals surface area contributed by atoms with Gasteiger partial charge in [0.25, 0.3) is 0 Å². The van der Waals surface area contributed by atoms with Crippen molar-refractivity contribution in [3.8, 4) is 5.75 Å². The predicted octanol–water partition coefficient (Wildman–Crippen LogP) is 2.00. The Balaban J connectivity index is 2.30. The van der Waals surface area contributed by atoms with Gasteiger partial charge >= 0.3 is 0 Å². The lowest BCUT2D eigenvalue weighted by molar-refractivity contribution is -0.00504. The molecule has 0 amide bonds. The largest absolute Gasteiger partial charge is 0.495 e. The minimum Gasteiger partial charge on any atom is -0.495 e. The molecule has 1 N–H and O–H groups in total. The van der Waals surface area contributed by atoms with Gasteiger partial charge < -0.3 is 14.7 Å². The maximum Gasteiger partial charge on any atom is 0.137 e. The van der Waals surface area contributed by atoms with E-state index in [2.05, 4.69) is 9.88 Å². The van der Waals surface area contributed by atoms with Crippen molar-refractivity contribution in [2.24, 2.45) is 0 Å². The van der Waals surface area contributed by atoms with Gasteiger partial charge in [0.15, 0.2) is 0 Å². The van der Waals surface area contributed by atoms with E-state index in [1.165, 1.54) is 12.8 Å². The third kappa shape index (κ3) is 2.22. The molecule has 1 saturated carbocycles. The Morgan fingerprint density at radius 3 is 2.56 bits per heavy atom. The second kappa shape index (κ2) is 5.24. The number of aromatic nitrogens is 1. The number of ether oxygens (including phenoxy) is 1. The fourth-order valence-corrected chi connectivity index (χ4v) is 2.96. The zero-order valence-electron chi connectivity index (χ0n) is 11.4. The van der Waals surface area contributed by atoms with Crippen LogP contribution >= 0.6 is 0 Å². The quantitative estimate of drug-likeness (QED) is 0.887. The van der Waals surface area contributed by atoms with Crippen LogP contribution in [0.2, 0.25) is 0 Å². The SMILES string of the molecule is COc1cncc(C(O)C2(N(C)C)CCCC2)c1. The number of aliphatic hydroxyl groups excluding tert-OH is 1. The number of hydrogen-bond acceptors (Lipinski definition) is 4. The van der Waals surface area contributed by atoms with E-state index in [1.54, 1.807) is 19.5 Å². The molecule has 1 aliphatic carbocycles. The van der Waals surface area contributed by atoms with Gasteiger partial charge in [-0.2, -0.15) is 0 Å². The van der Waals surface area contributed by atoms with Crippen LogP contribution in [0.3, 0.4) is 0 Å². The van der Waals surface area contributed by atoms with Crippen molar-refractivity contribution in [1.29, 1.82) is 0 Å². The molecule has 0 aromatic carbocycles. The highest BCUT2D eigenvalue weighted by Crippen LogP contribution is 2.43. The monoisotopic (exact) mass is 250 g/mol. The first kappa shape index (κ1) is 13.3. The summed E-state index contributed by atoms with van der Waals surface area (Å²) in [4.78, 5) is 6.29. The van der Waals surface area contributed by atoms with Crippen molar-refractivity contribution in [2.45, 2.75) is 37.3 Å². The molecular formula is C14H22N2O2. The maximum absolute atomic E-state index is 10.7. The Morgan fingerprint density at radius 2 is 2.00 bits per heavy atom. The summed E-state index contributed by atoms with van der Waals surface area (Å²) >= 11 is 0. The predicted molar refractivity (Wildman–Crippen MR) is 70.6 cm³/mol.